The van der Waals surface area contributed by atoms with Gasteiger partial charge in [0.1, 0.15) is 12.1 Å². The van der Waals surface area contributed by atoms with Gasteiger partial charge < -0.3 is 4.90 Å². The van der Waals surface area contributed by atoms with E-state index in [0.29, 0.717) is 5.69 Å². The normalized spacial score (nSPS) is 18.3. The lowest BCUT2D eigenvalue weighted by Gasteiger charge is -2.17. The highest BCUT2D eigenvalue weighted by Crippen LogP contribution is 2.28. The SMILES string of the molecule is N#Cc1ccc(N2CC(CS(=O)(=O)Cl)CC2=O)cc1C#N. The number of anilines is 1. The summed E-state index contributed by atoms with van der Waals surface area (Å²) in [6.45, 7) is 0.224. The topological polar surface area (TPSA) is 102 Å². The molecule has 0 bridgehead atoms. The molecule has 1 aliphatic rings. The third kappa shape index (κ3) is 3.52. The highest BCUT2D eigenvalue weighted by Gasteiger charge is 2.33. The fourth-order valence-electron chi connectivity index (χ4n) is 2.31. The van der Waals surface area contributed by atoms with Crippen molar-refractivity contribution in [3.05, 3.63) is 29.3 Å². The van der Waals surface area contributed by atoms with E-state index in [1.54, 1.807) is 6.07 Å². The molecule has 108 valence electrons. The number of carbonyl (C=O) groups excluding carboxylic acids is 1. The van der Waals surface area contributed by atoms with Gasteiger partial charge in [0.25, 0.3) is 0 Å². The summed E-state index contributed by atoms with van der Waals surface area (Å²) in [6.07, 6.45) is 0.0911. The van der Waals surface area contributed by atoms with Gasteiger partial charge in [-0.1, -0.05) is 0 Å². The van der Waals surface area contributed by atoms with E-state index >= 15 is 0 Å². The Balaban J connectivity index is 2.26. The summed E-state index contributed by atoms with van der Waals surface area (Å²) >= 11 is 0. The zero-order valence-electron chi connectivity index (χ0n) is 10.8. The molecule has 6 nitrogen and oxygen atoms in total. The largest absolute Gasteiger partial charge is 0.312 e. The van der Waals surface area contributed by atoms with Gasteiger partial charge in [-0.3, -0.25) is 4.79 Å². The van der Waals surface area contributed by atoms with Crippen LogP contribution in [0.2, 0.25) is 0 Å². The molecule has 2 rings (SSSR count). The Kier molecular flexibility index (Phi) is 4.17. The molecule has 1 saturated heterocycles. The number of halogens is 1. The molecular formula is C13H10ClN3O3S. The van der Waals surface area contributed by atoms with Crippen molar-refractivity contribution in [2.75, 3.05) is 17.2 Å². The number of hydrogen-bond acceptors (Lipinski definition) is 5. The Labute approximate surface area is 126 Å². The second-order valence-electron chi connectivity index (χ2n) is 4.73. The Bertz CT molecular complexity index is 777. The third-order valence-corrected chi connectivity index (χ3v) is 4.44. The van der Waals surface area contributed by atoms with E-state index in [9.17, 15) is 13.2 Å². The molecule has 0 aliphatic carbocycles. The fraction of sp³-hybridized carbons (Fsp3) is 0.308. The van der Waals surface area contributed by atoms with Gasteiger partial charge in [0.2, 0.25) is 15.0 Å². The third-order valence-electron chi connectivity index (χ3n) is 3.20. The van der Waals surface area contributed by atoms with E-state index in [0.717, 1.165) is 0 Å². The average Bonchev–Trinajstić information content (AvgIpc) is 2.76. The molecule has 0 aromatic heterocycles. The summed E-state index contributed by atoms with van der Waals surface area (Å²) in [6, 6.07) is 8.27. The van der Waals surface area contributed by atoms with E-state index in [1.165, 1.54) is 17.0 Å². The molecular weight excluding hydrogens is 314 g/mol. The maximum absolute atomic E-state index is 12.0. The van der Waals surface area contributed by atoms with Crippen molar-refractivity contribution in [2.24, 2.45) is 5.92 Å². The van der Waals surface area contributed by atoms with Gasteiger partial charge in [0.15, 0.2) is 0 Å². The Hall–Kier alpha value is -2.09. The van der Waals surface area contributed by atoms with E-state index in [2.05, 4.69) is 0 Å². The molecule has 0 N–H and O–H groups in total. The molecule has 8 heteroatoms. The van der Waals surface area contributed by atoms with Crippen molar-refractivity contribution < 1.29 is 13.2 Å². The number of nitriles is 2. The summed E-state index contributed by atoms with van der Waals surface area (Å²) in [5.74, 6) is -0.867. The fourth-order valence-corrected chi connectivity index (χ4v) is 3.64. The van der Waals surface area contributed by atoms with Gasteiger partial charge in [-0.15, -0.1) is 0 Å². The highest BCUT2D eigenvalue weighted by atomic mass is 35.7. The first-order valence-electron chi connectivity index (χ1n) is 6.01. The molecule has 1 unspecified atom stereocenters. The molecule has 1 aromatic carbocycles. The van der Waals surface area contributed by atoms with E-state index in [4.69, 9.17) is 21.2 Å². The summed E-state index contributed by atoms with van der Waals surface area (Å²) < 4.78 is 22.2. The second kappa shape index (κ2) is 5.72. The standard InChI is InChI=1S/C13H10ClN3O3S/c14-21(19,20)8-9-3-13(18)17(7-9)12-2-1-10(5-15)11(4-12)6-16/h1-2,4,9H,3,7-8H2. The van der Waals surface area contributed by atoms with E-state index in [1.807, 2.05) is 12.1 Å². The lowest BCUT2D eigenvalue weighted by molar-refractivity contribution is -0.117. The van der Waals surface area contributed by atoms with Crippen LogP contribution in [0.25, 0.3) is 0 Å². The van der Waals surface area contributed by atoms with Crippen molar-refractivity contribution >= 4 is 31.3 Å². The van der Waals surface area contributed by atoms with Crippen LogP contribution in [0.1, 0.15) is 17.5 Å². The summed E-state index contributed by atoms with van der Waals surface area (Å²) in [5, 5.41) is 17.9. The van der Waals surface area contributed by atoms with Crippen LogP contribution in [0.4, 0.5) is 5.69 Å². The van der Waals surface area contributed by atoms with Gasteiger partial charge in [-0.25, -0.2) is 8.42 Å². The van der Waals surface area contributed by atoms with Crippen LogP contribution in [0, 0.1) is 28.6 Å². The predicted octanol–water partition coefficient (Wildman–Crippen LogP) is 1.35. The van der Waals surface area contributed by atoms with Crippen LogP contribution in [-0.2, 0) is 13.8 Å². The van der Waals surface area contributed by atoms with Crippen LogP contribution in [0.15, 0.2) is 18.2 Å². The van der Waals surface area contributed by atoms with Crippen molar-refractivity contribution in [3.8, 4) is 12.1 Å². The zero-order valence-corrected chi connectivity index (χ0v) is 12.4. The molecule has 1 amide bonds. The minimum absolute atomic E-state index is 0.0911. The Morgan fingerprint density at radius 3 is 2.52 bits per heavy atom. The molecule has 1 heterocycles. The first kappa shape index (κ1) is 15.3. The molecule has 0 radical (unpaired) electrons. The minimum atomic E-state index is -3.66. The molecule has 21 heavy (non-hydrogen) atoms. The van der Waals surface area contributed by atoms with Crippen LogP contribution in [0.5, 0.6) is 0 Å². The number of carbonyl (C=O) groups is 1. The van der Waals surface area contributed by atoms with Crippen molar-refractivity contribution in [1.82, 2.24) is 0 Å². The Morgan fingerprint density at radius 1 is 1.29 bits per heavy atom. The smallest absolute Gasteiger partial charge is 0.232 e. The molecule has 0 spiro atoms. The first-order chi connectivity index (χ1) is 9.84. The van der Waals surface area contributed by atoms with Crippen LogP contribution in [0.3, 0.4) is 0 Å². The maximum Gasteiger partial charge on any atom is 0.232 e. The lowest BCUT2D eigenvalue weighted by atomic mass is 10.1. The predicted molar refractivity (Wildman–Crippen MR) is 76.0 cm³/mol. The maximum atomic E-state index is 12.0. The molecule has 1 aliphatic heterocycles. The molecule has 1 fully saturated rings. The first-order valence-corrected chi connectivity index (χ1v) is 8.49. The van der Waals surface area contributed by atoms with Gasteiger partial charge in [0.05, 0.1) is 16.9 Å². The average molecular weight is 324 g/mol. The molecule has 1 aromatic rings. The van der Waals surface area contributed by atoms with Crippen molar-refractivity contribution in [3.63, 3.8) is 0 Å². The van der Waals surface area contributed by atoms with Crippen LogP contribution >= 0.6 is 10.7 Å². The highest BCUT2D eigenvalue weighted by molar-refractivity contribution is 8.13. The van der Waals surface area contributed by atoms with Crippen molar-refractivity contribution in [1.29, 1.82) is 10.5 Å². The number of hydrogen-bond donors (Lipinski definition) is 0. The number of amides is 1. The summed E-state index contributed by atoms with van der Waals surface area (Å²) in [7, 11) is 1.54. The second-order valence-corrected chi connectivity index (χ2v) is 7.56. The summed E-state index contributed by atoms with van der Waals surface area (Å²) in [5.41, 5.74) is 0.883. The molecule has 0 saturated carbocycles. The zero-order chi connectivity index (χ0) is 15.6. The number of rotatable bonds is 3. The number of benzene rings is 1. The van der Waals surface area contributed by atoms with Crippen LogP contribution in [-0.4, -0.2) is 26.6 Å². The lowest BCUT2D eigenvalue weighted by Crippen LogP contribution is -2.25. The van der Waals surface area contributed by atoms with Gasteiger partial charge in [-0.2, -0.15) is 10.5 Å². The van der Waals surface area contributed by atoms with Gasteiger partial charge >= 0.3 is 0 Å². The van der Waals surface area contributed by atoms with Gasteiger partial charge in [-0.05, 0) is 18.2 Å². The van der Waals surface area contributed by atoms with E-state index in [-0.39, 0.29) is 41.7 Å². The Morgan fingerprint density at radius 2 is 1.95 bits per heavy atom. The number of nitrogens with zero attached hydrogens (tertiary/aromatic N) is 3. The summed E-state index contributed by atoms with van der Waals surface area (Å²) in [4.78, 5) is 13.4. The van der Waals surface area contributed by atoms with Crippen molar-refractivity contribution in [2.45, 2.75) is 6.42 Å². The van der Waals surface area contributed by atoms with Crippen LogP contribution < -0.4 is 4.90 Å². The quantitative estimate of drug-likeness (QED) is 0.781. The van der Waals surface area contributed by atoms with E-state index < -0.39 is 9.05 Å². The minimum Gasteiger partial charge on any atom is -0.312 e. The molecule has 1 atom stereocenters. The monoisotopic (exact) mass is 323 g/mol. The van der Waals surface area contributed by atoms with Gasteiger partial charge in [0, 0.05) is 35.3 Å².